The number of benzene rings is 1. The van der Waals surface area contributed by atoms with Gasteiger partial charge >= 0.3 is 6.36 Å². The molecule has 0 aliphatic heterocycles. The minimum absolute atomic E-state index is 0. The van der Waals surface area contributed by atoms with Crippen LogP contribution in [0.15, 0.2) is 24.3 Å². The van der Waals surface area contributed by atoms with Crippen LogP contribution in [0.5, 0.6) is 5.75 Å². The number of hydrogen-bond donors (Lipinski definition) is 2. The number of halogens is 4. The number of ether oxygens (including phenoxy) is 1. The van der Waals surface area contributed by atoms with Crippen LogP contribution in [0.1, 0.15) is 37.7 Å². The molecular weight excluding hydrogens is 381 g/mol. The maximum Gasteiger partial charge on any atom is 0.573 e. The first-order valence-corrected chi connectivity index (χ1v) is 9.20. The summed E-state index contributed by atoms with van der Waals surface area (Å²) in [5.41, 5.74) is 7.11. The third-order valence-corrected chi connectivity index (χ3v) is 5.65. The van der Waals surface area contributed by atoms with Crippen molar-refractivity contribution in [1.82, 2.24) is 5.32 Å². The third-order valence-electron chi connectivity index (χ3n) is 5.65. The summed E-state index contributed by atoms with van der Waals surface area (Å²) >= 11 is 0. The van der Waals surface area contributed by atoms with Crippen LogP contribution in [-0.2, 0) is 11.2 Å². The molecule has 3 rings (SSSR count). The molecular formula is C19H26ClF3N2O2. The van der Waals surface area contributed by atoms with Gasteiger partial charge in [-0.2, -0.15) is 0 Å². The van der Waals surface area contributed by atoms with Gasteiger partial charge in [0.1, 0.15) is 5.75 Å². The Morgan fingerprint density at radius 3 is 2.30 bits per heavy atom. The van der Waals surface area contributed by atoms with E-state index >= 15 is 0 Å². The van der Waals surface area contributed by atoms with E-state index in [1.807, 2.05) is 0 Å². The fraction of sp³-hybridized carbons (Fsp3) is 0.632. The third kappa shape index (κ3) is 6.01. The minimum atomic E-state index is -4.68. The minimum Gasteiger partial charge on any atom is -0.406 e. The summed E-state index contributed by atoms with van der Waals surface area (Å²) in [4.78, 5) is 12.4. The second-order valence-electron chi connectivity index (χ2n) is 7.43. The average molecular weight is 407 g/mol. The van der Waals surface area contributed by atoms with E-state index in [-0.39, 0.29) is 36.0 Å². The summed E-state index contributed by atoms with van der Waals surface area (Å²) < 4.78 is 40.3. The Morgan fingerprint density at radius 1 is 1.15 bits per heavy atom. The van der Waals surface area contributed by atoms with Crippen molar-refractivity contribution in [2.75, 3.05) is 6.54 Å². The molecule has 27 heavy (non-hydrogen) atoms. The van der Waals surface area contributed by atoms with Crippen molar-refractivity contribution >= 4 is 18.3 Å². The molecule has 2 atom stereocenters. The molecule has 2 unspecified atom stereocenters. The zero-order valence-corrected chi connectivity index (χ0v) is 15.8. The van der Waals surface area contributed by atoms with Gasteiger partial charge in [-0.15, -0.1) is 25.6 Å². The smallest absolute Gasteiger partial charge is 0.406 e. The zero-order valence-electron chi connectivity index (χ0n) is 15.0. The number of alkyl halides is 3. The maximum atomic E-state index is 12.4. The molecule has 8 heteroatoms. The van der Waals surface area contributed by atoms with Crippen LogP contribution in [0, 0.1) is 17.8 Å². The van der Waals surface area contributed by atoms with Crippen molar-refractivity contribution in [3.05, 3.63) is 29.8 Å². The quantitative estimate of drug-likeness (QED) is 0.781. The Balaban J connectivity index is 0.00000261. The van der Waals surface area contributed by atoms with E-state index < -0.39 is 6.36 Å². The second kappa shape index (κ2) is 9.15. The number of fused-ring (bicyclic) bond motifs is 2. The van der Waals surface area contributed by atoms with Crippen molar-refractivity contribution in [2.24, 2.45) is 23.5 Å². The molecule has 2 fully saturated rings. The number of carbonyl (C=O) groups is 1. The van der Waals surface area contributed by atoms with Crippen LogP contribution in [0.4, 0.5) is 13.2 Å². The van der Waals surface area contributed by atoms with Gasteiger partial charge < -0.3 is 15.8 Å². The Hall–Kier alpha value is -1.47. The van der Waals surface area contributed by atoms with Gasteiger partial charge in [-0.3, -0.25) is 4.79 Å². The van der Waals surface area contributed by atoms with Crippen LogP contribution in [-0.4, -0.2) is 24.9 Å². The lowest BCUT2D eigenvalue weighted by atomic mass is 9.65. The molecule has 0 spiro atoms. The summed E-state index contributed by atoms with van der Waals surface area (Å²) in [5, 5.41) is 2.97. The zero-order chi connectivity index (χ0) is 18.7. The van der Waals surface area contributed by atoms with E-state index in [1.54, 1.807) is 12.1 Å². The highest BCUT2D eigenvalue weighted by Crippen LogP contribution is 2.41. The van der Waals surface area contributed by atoms with Crippen LogP contribution in [0.25, 0.3) is 0 Å². The summed E-state index contributed by atoms with van der Waals surface area (Å²) in [7, 11) is 0. The largest absolute Gasteiger partial charge is 0.573 e. The lowest BCUT2D eigenvalue weighted by Gasteiger charge is -2.43. The molecule has 4 nitrogen and oxygen atoms in total. The summed E-state index contributed by atoms with van der Waals surface area (Å²) in [6.45, 7) is 0.468. The van der Waals surface area contributed by atoms with Gasteiger partial charge in [-0.05, 0) is 61.6 Å². The van der Waals surface area contributed by atoms with Gasteiger partial charge in [-0.1, -0.05) is 18.6 Å². The number of hydrogen-bond acceptors (Lipinski definition) is 3. The maximum absolute atomic E-state index is 12.4. The molecule has 0 saturated heterocycles. The molecule has 3 N–H and O–H groups in total. The lowest BCUT2D eigenvalue weighted by molar-refractivity contribution is -0.274. The number of rotatable bonds is 5. The molecule has 0 heterocycles. The Labute approximate surface area is 163 Å². The first-order chi connectivity index (χ1) is 12.3. The predicted molar refractivity (Wildman–Crippen MR) is 98.6 cm³/mol. The molecule has 0 aromatic heterocycles. The van der Waals surface area contributed by atoms with Gasteiger partial charge in [-0.25, -0.2) is 0 Å². The van der Waals surface area contributed by atoms with Crippen molar-refractivity contribution in [3.8, 4) is 5.75 Å². The number of nitrogens with one attached hydrogen (secondary N) is 1. The monoisotopic (exact) mass is 406 g/mol. The van der Waals surface area contributed by atoms with Crippen LogP contribution >= 0.6 is 12.4 Å². The standard InChI is InChI=1S/C19H25F3N2O2.ClH/c20-19(21,22)26-16-6-4-12(5-7-16)8-9-24-18(25)15-10-13-2-1-3-14(11-15)17(13)23;/h4-7,13-15,17H,1-3,8-11,23H2,(H,24,25);1H. The van der Waals surface area contributed by atoms with E-state index in [2.05, 4.69) is 10.1 Å². The van der Waals surface area contributed by atoms with Gasteiger partial charge in [0.05, 0.1) is 0 Å². The Kier molecular flexibility index (Phi) is 7.40. The topological polar surface area (TPSA) is 64.4 Å². The highest BCUT2D eigenvalue weighted by molar-refractivity contribution is 5.85. The summed E-state index contributed by atoms with van der Waals surface area (Å²) in [6, 6.07) is 5.97. The SMILES string of the molecule is Cl.NC1C2CCCC1CC(C(=O)NCCc1ccc(OC(F)(F)F)cc1)C2. The van der Waals surface area contributed by atoms with Crippen molar-refractivity contribution in [3.63, 3.8) is 0 Å². The van der Waals surface area contributed by atoms with Crippen molar-refractivity contribution in [2.45, 2.75) is 50.9 Å². The molecule has 1 aromatic rings. The first kappa shape index (κ1) is 21.8. The van der Waals surface area contributed by atoms with E-state index in [0.717, 1.165) is 31.2 Å². The van der Waals surface area contributed by atoms with Gasteiger partial charge in [0.15, 0.2) is 0 Å². The Bertz CT molecular complexity index is 610. The lowest BCUT2D eigenvalue weighted by Crippen LogP contribution is -2.49. The van der Waals surface area contributed by atoms with Crippen LogP contribution in [0.3, 0.4) is 0 Å². The normalized spacial score (nSPS) is 27.4. The van der Waals surface area contributed by atoms with Crippen molar-refractivity contribution < 1.29 is 22.7 Å². The van der Waals surface area contributed by atoms with Gasteiger partial charge in [0.25, 0.3) is 0 Å². The predicted octanol–water partition coefficient (Wildman–Crippen LogP) is 3.82. The number of nitrogens with two attached hydrogens (primary N) is 1. The molecule has 2 saturated carbocycles. The van der Waals surface area contributed by atoms with E-state index in [4.69, 9.17) is 5.73 Å². The number of carbonyl (C=O) groups excluding carboxylic acids is 1. The number of amides is 1. The first-order valence-electron chi connectivity index (χ1n) is 9.20. The fourth-order valence-corrected chi connectivity index (χ4v) is 4.34. The molecule has 0 radical (unpaired) electrons. The fourth-order valence-electron chi connectivity index (χ4n) is 4.34. The molecule has 2 aliphatic carbocycles. The highest BCUT2D eigenvalue weighted by atomic mass is 35.5. The van der Waals surface area contributed by atoms with E-state index in [0.29, 0.717) is 24.8 Å². The van der Waals surface area contributed by atoms with Crippen LogP contribution in [0.2, 0.25) is 0 Å². The average Bonchev–Trinajstić information content (AvgIpc) is 2.54. The molecule has 152 valence electrons. The van der Waals surface area contributed by atoms with Crippen molar-refractivity contribution in [1.29, 1.82) is 0 Å². The molecule has 1 aromatic carbocycles. The highest BCUT2D eigenvalue weighted by Gasteiger charge is 2.40. The van der Waals surface area contributed by atoms with E-state index in [9.17, 15) is 18.0 Å². The van der Waals surface area contributed by atoms with Gasteiger partial charge in [0.2, 0.25) is 5.91 Å². The Morgan fingerprint density at radius 2 is 1.74 bits per heavy atom. The van der Waals surface area contributed by atoms with Crippen LogP contribution < -0.4 is 15.8 Å². The molecule has 1 amide bonds. The van der Waals surface area contributed by atoms with E-state index in [1.165, 1.54) is 18.6 Å². The molecule has 2 bridgehead atoms. The summed E-state index contributed by atoms with van der Waals surface area (Å²) in [6.07, 6.45) is 1.07. The summed E-state index contributed by atoms with van der Waals surface area (Å²) in [5.74, 6) is 0.785. The van der Waals surface area contributed by atoms with Gasteiger partial charge in [0, 0.05) is 18.5 Å². The molecule has 2 aliphatic rings. The second-order valence-corrected chi connectivity index (χ2v) is 7.43.